The van der Waals surface area contributed by atoms with Crippen molar-refractivity contribution >= 4 is 55.7 Å². The van der Waals surface area contributed by atoms with E-state index in [0.717, 1.165) is 26.9 Å². The number of hydrogen-bond acceptors (Lipinski definition) is 7. The molecule has 1 atom stereocenters. The summed E-state index contributed by atoms with van der Waals surface area (Å²) in [7, 11) is 3.58. The van der Waals surface area contributed by atoms with Crippen LogP contribution in [0.15, 0.2) is 41.3 Å². The lowest BCUT2D eigenvalue weighted by Gasteiger charge is -2.17. The summed E-state index contributed by atoms with van der Waals surface area (Å²) in [6.45, 7) is 3.83. The first kappa shape index (κ1) is 23.0. The van der Waals surface area contributed by atoms with Crippen LogP contribution in [-0.4, -0.2) is 35.4 Å². The van der Waals surface area contributed by atoms with Crippen LogP contribution in [0.4, 0.5) is 5.69 Å². The minimum atomic E-state index is -1.19. The standard InChI is InChI=1S/C24H21ClN6O3S/c1-11(27-15-7-8-17(25)28-19(15)24(33)34)18-12(2)35-21-20(18)29-22(30(3)23(21)32)13-5-6-14-10-26-31(4)16(14)9-13/h5-11,27H,1-4H3,(H,33,34). The molecule has 0 fully saturated rings. The molecule has 5 rings (SSSR count). The summed E-state index contributed by atoms with van der Waals surface area (Å²) in [4.78, 5) is 34.8. The lowest BCUT2D eigenvalue weighted by molar-refractivity contribution is 0.0691. The topological polar surface area (TPSA) is 115 Å². The smallest absolute Gasteiger partial charge is 0.356 e. The molecule has 0 saturated heterocycles. The van der Waals surface area contributed by atoms with Crippen molar-refractivity contribution in [3.8, 4) is 11.4 Å². The number of carboxylic acid groups (broad SMARTS) is 1. The van der Waals surface area contributed by atoms with Crippen molar-refractivity contribution in [1.29, 1.82) is 0 Å². The number of rotatable bonds is 5. The molecule has 5 aromatic rings. The lowest BCUT2D eigenvalue weighted by Crippen LogP contribution is -2.20. The molecule has 0 saturated carbocycles. The minimum Gasteiger partial charge on any atom is -0.476 e. The van der Waals surface area contributed by atoms with Crippen LogP contribution in [-0.2, 0) is 14.1 Å². The van der Waals surface area contributed by atoms with E-state index in [2.05, 4.69) is 15.4 Å². The number of carboxylic acids is 1. The third kappa shape index (κ3) is 3.84. The number of benzene rings is 1. The van der Waals surface area contributed by atoms with E-state index in [0.29, 0.717) is 21.7 Å². The molecule has 2 N–H and O–H groups in total. The van der Waals surface area contributed by atoms with Gasteiger partial charge in [-0.15, -0.1) is 11.3 Å². The van der Waals surface area contributed by atoms with Crippen LogP contribution in [0.3, 0.4) is 0 Å². The number of nitrogens with zero attached hydrogens (tertiary/aromatic N) is 5. The van der Waals surface area contributed by atoms with E-state index in [1.54, 1.807) is 28.6 Å². The molecular weight excluding hydrogens is 488 g/mol. The average molecular weight is 509 g/mol. The molecule has 1 unspecified atom stereocenters. The van der Waals surface area contributed by atoms with Gasteiger partial charge >= 0.3 is 5.97 Å². The van der Waals surface area contributed by atoms with Gasteiger partial charge in [0.15, 0.2) is 5.69 Å². The molecule has 0 aliphatic rings. The highest BCUT2D eigenvalue weighted by Crippen LogP contribution is 2.35. The molecule has 11 heteroatoms. The number of aromatic nitrogens is 5. The molecule has 9 nitrogen and oxygen atoms in total. The zero-order valence-electron chi connectivity index (χ0n) is 19.3. The highest BCUT2D eigenvalue weighted by molar-refractivity contribution is 7.19. The summed E-state index contributed by atoms with van der Waals surface area (Å²) >= 11 is 7.27. The van der Waals surface area contributed by atoms with E-state index in [4.69, 9.17) is 16.6 Å². The van der Waals surface area contributed by atoms with Gasteiger partial charge in [0.2, 0.25) is 0 Å². The Morgan fingerprint density at radius 1 is 1.20 bits per heavy atom. The lowest BCUT2D eigenvalue weighted by atomic mass is 10.1. The van der Waals surface area contributed by atoms with Crippen LogP contribution in [0, 0.1) is 6.92 Å². The molecule has 0 bridgehead atoms. The molecule has 0 aliphatic carbocycles. The first-order valence-corrected chi connectivity index (χ1v) is 11.9. The van der Waals surface area contributed by atoms with Crippen molar-refractivity contribution in [3.05, 3.63) is 68.2 Å². The molecule has 178 valence electrons. The van der Waals surface area contributed by atoms with Crippen molar-refractivity contribution in [2.75, 3.05) is 5.32 Å². The van der Waals surface area contributed by atoms with Gasteiger partial charge in [-0.25, -0.2) is 14.8 Å². The summed E-state index contributed by atoms with van der Waals surface area (Å²) in [6.07, 6.45) is 1.79. The largest absolute Gasteiger partial charge is 0.476 e. The van der Waals surface area contributed by atoms with E-state index < -0.39 is 5.97 Å². The summed E-state index contributed by atoms with van der Waals surface area (Å²) in [5.41, 5.74) is 3.18. The van der Waals surface area contributed by atoms with Gasteiger partial charge in [-0.05, 0) is 32.0 Å². The SMILES string of the molecule is Cc1sc2c(=O)n(C)c(-c3ccc4cnn(C)c4c3)nc2c1C(C)Nc1ccc(Cl)nc1C(=O)O. The number of aromatic carboxylic acids is 1. The number of nitrogens with one attached hydrogen (secondary N) is 1. The van der Waals surface area contributed by atoms with Gasteiger partial charge in [-0.3, -0.25) is 14.0 Å². The van der Waals surface area contributed by atoms with Gasteiger partial charge in [0.05, 0.1) is 29.0 Å². The highest BCUT2D eigenvalue weighted by atomic mass is 35.5. The number of carbonyl (C=O) groups is 1. The second kappa shape index (κ2) is 8.47. The van der Waals surface area contributed by atoms with Gasteiger partial charge in [-0.1, -0.05) is 23.7 Å². The molecule has 0 aliphatic heterocycles. The molecule has 0 spiro atoms. The first-order chi connectivity index (χ1) is 16.7. The highest BCUT2D eigenvalue weighted by Gasteiger charge is 2.23. The van der Waals surface area contributed by atoms with Crippen LogP contribution >= 0.6 is 22.9 Å². The first-order valence-electron chi connectivity index (χ1n) is 10.7. The van der Waals surface area contributed by atoms with Crippen molar-refractivity contribution in [3.63, 3.8) is 0 Å². The van der Waals surface area contributed by atoms with Crippen LogP contribution in [0.25, 0.3) is 32.5 Å². The number of hydrogen-bond donors (Lipinski definition) is 2. The van der Waals surface area contributed by atoms with Crippen LogP contribution in [0.1, 0.15) is 33.9 Å². The van der Waals surface area contributed by atoms with Crippen molar-refractivity contribution < 1.29 is 9.90 Å². The quantitative estimate of drug-likeness (QED) is 0.328. The Kier molecular flexibility index (Phi) is 5.57. The Bertz CT molecular complexity index is 1700. The molecule has 35 heavy (non-hydrogen) atoms. The third-order valence-corrected chi connectivity index (χ3v) is 7.32. The van der Waals surface area contributed by atoms with Gasteiger partial charge in [0.25, 0.3) is 5.56 Å². The second-order valence-electron chi connectivity index (χ2n) is 8.29. The number of halogens is 1. The predicted molar refractivity (Wildman–Crippen MR) is 138 cm³/mol. The molecule has 4 aromatic heterocycles. The predicted octanol–water partition coefficient (Wildman–Crippen LogP) is 4.78. The van der Waals surface area contributed by atoms with Gasteiger partial charge in [0.1, 0.15) is 15.7 Å². The fraction of sp³-hybridized carbons (Fsp3) is 0.208. The summed E-state index contributed by atoms with van der Waals surface area (Å²) in [6, 6.07) is 8.62. The second-order valence-corrected chi connectivity index (χ2v) is 9.90. The molecule has 0 amide bonds. The van der Waals surface area contributed by atoms with E-state index in [1.165, 1.54) is 17.4 Å². The average Bonchev–Trinajstić information content (AvgIpc) is 3.36. The summed E-state index contributed by atoms with van der Waals surface area (Å²) < 4.78 is 3.89. The van der Waals surface area contributed by atoms with E-state index in [9.17, 15) is 14.7 Å². The Balaban J connectivity index is 1.65. The van der Waals surface area contributed by atoms with E-state index >= 15 is 0 Å². The fourth-order valence-corrected chi connectivity index (χ4v) is 5.62. The summed E-state index contributed by atoms with van der Waals surface area (Å²) in [5.74, 6) is -0.648. The zero-order chi connectivity index (χ0) is 25.0. The van der Waals surface area contributed by atoms with Gasteiger partial charge < -0.3 is 10.4 Å². The van der Waals surface area contributed by atoms with E-state index in [-0.39, 0.29) is 22.4 Å². The van der Waals surface area contributed by atoms with Gasteiger partial charge in [0, 0.05) is 35.5 Å². The molecule has 1 aromatic carbocycles. The van der Waals surface area contributed by atoms with Crippen LogP contribution in [0.2, 0.25) is 5.15 Å². The number of pyridine rings is 1. The molecule has 4 heterocycles. The monoisotopic (exact) mass is 508 g/mol. The summed E-state index contributed by atoms with van der Waals surface area (Å²) in [5, 5.41) is 18.2. The molecule has 0 radical (unpaired) electrons. The normalized spacial score (nSPS) is 12.4. The zero-order valence-corrected chi connectivity index (χ0v) is 20.9. The fourth-order valence-electron chi connectivity index (χ4n) is 4.30. The Hall–Kier alpha value is -3.76. The number of aryl methyl sites for hydroxylation is 2. The van der Waals surface area contributed by atoms with Gasteiger partial charge in [-0.2, -0.15) is 5.10 Å². The third-order valence-electron chi connectivity index (χ3n) is 6.02. The van der Waals surface area contributed by atoms with Crippen LogP contribution in [0.5, 0.6) is 0 Å². The van der Waals surface area contributed by atoms with Crippen molar-refractivity contribution in [2.45, 2.75) is 19.9 Å². The van der Waals surface area contributed by atoms with Crippen molar-refractivity contribution in [1.82, 2.24) is 24.3 Å². The molecular formula is C24H21ClN6O3S. The Morgan fingerprint density at radius 3 is 2.71 bits per heavy atom. The van der Waals surface area contributed by atoms with E-state index in [1.807, 2.05) is 39.1 Å². The number of anilines is 1. The minimum absolute atomic E-state index is 0.0953. The Morgan fingerprint density at radius 2 is 1.97 bits per heavy atom. The maximum atomic E-state index is 13.3. The number of thiophene rings is 1. The maximum absolute atomic E-state index is 13.3. The van der Waals surface area contributed by atoms with Crippen LogP contribution < -0.4 is 10.9 Å². The van der Waals surface area contributed by atoms with Crippen molar-refractivity contribution in [2.24, 2.45) is 14.1 Å². The Labute approximate surface area is 208 Å². The maximum Gasteiger partial charge on any atom is 0.356 e. The number of fused-ring (bicyclic) bond motifs is 2.